The molecule has 1 aliphatic heterocycles. The summed E-state index contributed by atoms with van der Waals surface area (Å²) in [6, 6.07) is 6.37. The number of benzene rings is 1. The summed E-state index contributed by atoms with van der Waals surface area (Å²) in [7, 11) is 1.97. The van der Waals surface area contributed by atoms with Crippen LogP contribution < -0.4 is 10.1 Å². The highest BCUT2D eigenvalue weighted by molar-refractivity contribution is 5.87. The summed E-state index contributed by atoms with van der Waals surface area (Å²) in [6.07, 6.45) is 3.50. The molecule has 0 spiro atoms. The van der Waals surface area contributed by atoms with Gasteiger partial charge in [-0.1, -0.05) is 6.07 Å². The Hall–Kier alpha value is -3.17. The molecule has 0 radical (unpaired) electrons. The van der Waals surface area contributed by atoms with E-state index >= 15 is 0 Å². The molecular weight excluding hydrogens is 394 g/mol. The van der Waals surface area contributed by atoms with Crippen LogP contribution in [-0.2, 0) is 33.0 Å². The summed E-state index contributed by atoms with van der Waals surface area (Å²) in [4.78, 5) is 0. The average molecular weight is 422 g/mol. The summed E-state index contributed by atoms with van der Waals surface area (Å²) < 4.78 is 9.83. The van der Waals surface area contributed by atoms with E-state index in [1.807, 2.05) is 24.9 Å². The van der Waals surface area contributed by atoms with Crippen LogP contribution in [0.1, 0.15) is 22.6 Å². The number of ether oxygens (including phenoxy) is 1. The lowest BCUT2D eigenvalue weighted by Gasteiger charge is -2.12. The number of aromatic amines is 1. The Balaban J connectivity index is 1.57. The number of aliphatic hydroxyl groups is 1. The lowest BCUT2D eigenvalue weighted by molar-refractivity contribution is 0.238. The molecule has 0 saturated carbocycles. The van der Waals surface area contributed by atoms with Gasteiger partial charge in [0.2, 0.25) is 5.88 Å². The summed E-state index contributed by atoms with van der Waals surface area (Å²) in [5.41, 5.74) is 7.45. The molecule has 2 bridgehead atoms. The SMILES string of the molecule is Cc1nn(CCO)c2c1CCc1[nH]nc3ccc(cc13)-c1cnn(C)c1CNCCO2. The lowest BCUT2D eigenvalue weighted by atomic mass is 10.0. The Morgan fingerprint density at radius 3 is 3.03 bits per heavy atom. The van der Waals surface area contributed by atoms with Gasteiger partial charge in [0.1, 0.15) is 6.61 Å². The molecule has 4 aromatic rings. The number of fused-ring (bicyclic) bond motifs is 4. The minimum absolute atomic E-state index is 0.0202. The maximum Gasteiger partial charge on any atom is 0.215 e. The van der Waals surface area contributed by atoms with Gasteiger partial charge in [0.15, 0.2) is 0 Å². The van der Waals surface area contributed by atoms with Crippen molar-refractivity contribution in [1.82, 2.24) is 35.1 Å². The minimum atomic E-state index is 0.0202. The number of nitrogens with zero attached hydrogens (tertiary/aromatic N) is 5. The van der Waals surface area contributed by atoms with Gasteiger partial charge in [0.05, 0.1) is 36.3 Å². The predicted octanol–water partition coefficient (Wildman–Crippen LogP) is 1.73. The first kappa shape index (κ1) is 19.8. The van der Waals surface area contributed by atoms with E-state index in [-0.39, 0.29) is 6.61 Å². The third kappa shape index (κ3) is 3.60. The highest BCUT2D eigenvalue weighted by atomic mass is 16.5. The second kappa shape index (κ2) is 8.16. The van der Waals surface area contributed by atoms with Gasteiger partial charge in [0.25, 0.3) is 0 Å². The smallest absolute Gasteiger partial charge is 0.215 e. The van der Waals surface area contributed by atoms with Crippen molar-refractivity contribution in [2.45, 2.75) is 32.9 Å². The van der Waals surface area contributed by atoms with Crippen LogP contribution in [0.5, 0.6) is 5.88 Å². The molecule has 4 heterocycles. The van der Waals surface area contributed by atoms with Gasteiger partial charge >= 0.3 is 0 Å². The normalized spacial score (nSPS) is 14.7. The molecule has 5 rings (SSSR count). The van der Waals surface area contributed by atoms with Gasteiger partial charge in [-0.2, -0.15) is 15.3 Å². The van der Waals surface area contributed by atoms with Crippen molar-refractivity contribution in [2.75, 3.05) is 19.8 Å². The van der Waals surface area contributed by atoms with E-state index in [1.54, 1.807) is 4.68 Å². The van der Waals surface area contributed by atoms with Crippen LogP contribution in [0.15, 0.2) is 24.4 Å². The van der Waals surface area contributed by atoms with Gasteiger partial charge in [-0.25, -0.2) is 4.68 Å². The number of aryl methyl sites for hydroxylation is 3. The first-order valence-electron chi connectivity index (χ1n) is 10.6. The zero-order valence-electron chi connectivity index (χ0n) is 17.9. The molecule has 0 aliphatic carbocycles. The molecule has 9 heteroatoms. The van der Waals surface area contributed by atoms with Gasteiger partial charge < -0.3 is 15.2 Å². The Kier molecular flexibility index (Phi) is 5.21. The third-order valence-corrected chi connectivity index (χ3v) is 5.95. The van der Waals surface area contributed by atoms with E-state index in [9.17, 15) is 5.11 Å². The molecule has 0 unspecified atom stereocenters. The molecule has 31 heavy (non-hydrogen) atoms. The number of H-pyrrole nitrogens is 1. The van der Waals surface area contributed by atoms with Crippen molar-refractivity contribution in [3.63, 3.8) is 0 Å². The number of nitrogens with one attached hydrogen (secondary N) is 2. The molecule has 3 aromatic heterocycles. The van der Waals surface area contributed by atoms with Crippen LogP contribution in [0, 0.1) is 6.92 Å². The maximum absolute atomic E-state index is 9.44. The van der Waals surface area contributed by atoms with E-state index in [0.717, 1.165) is 63.4 Å². The molecule has 0 fully saturated rings. The first-order chi connectivity index (χ1) is 15.2. The third-order valence-electron chi connectivity index (χ3n) is 5.95. The van der Waals surface area contributed by atoms with Crippen LogP contribution in [-0.4, -0.2) is 54.6 Å². The van der Waals surface area contributed by atoms with E-state index in [0.29, 0.717) is 26.2 Å². The van der Waals surface area contributed by atoms with Crippen LogP contribution in [0.25, 0.3) is 22.0 Å². The minimum Gasteiger partial charge on any atom is -0.476 e. The fourth-order valence-electron chi connectivity index (χ4n) is 4.30. The van der Waals surface area contributed by atoms with Gasteiger partial charge in [-0.15, -0.1) is 0 Å². The van der Waals surface area contributed by atoms with Crippen molar-refractivity contribution in [2.24, 2.45) is 7.05 Å². The van der Waals surface area contributed by atoms with Crippen LogP contribution >= 0.6 is 0 Å². The van der Waals surface area contributed by atoms with Crippen molar-refractivity contribution in [3.05, 3.63) is 47.0 Å². The average Bonchev–Trinajstić information content (AvgIpc) is 3.42. The van der Waals surface area contributed by atoms with Crippen molar-refractivity contribution >= 4 is 10.9 Å². The Morgan fingerprint density at radius 2 is 2.16 bits per heavy atom. The summed E-state index contributed by atoms with van der Waals surface area (Å²) in [6.45, 7) is 4.32. The van der Waals surface area contributed by atoms with Crippen molar-refractivity contribution in [3.8, 4) is 17.0 Å². The highest BCUT2D eigenvalue weighted by Crippen LogP contribution is 2.30. The summed E-state index contributed by atoms with van der Waals surface area (Å²) >= 11 is 0. The molecule has 0 atom stereocenters. The zero-order valence-corrected chi connectivity index (χ0v) is 17.9. The fourth-order valence-corrected chi connectivity index (χ4v) is 4.30. The second-order valence-corrected chi connectivity index (χ2v) is 7.90. The number of hydrogen-bond donors (Lipinski definition) is 3. The fraction of sp³-hybridized carbons (Fsp3) is 0.409. The lowest BCUT2D eigenvalue weighted by Crippen LogP contribution is -2.23. The second-order valence-electron chi connectivity index (χ2n) is 7.90. The molecule has 0 saturated heterocycles. The number of aliphatic hydroxyl groups excluding tert-OH is 1. The molecular formula is C22H27N7O2. The largest absolute Gasteiger partial charge is 0.476 e. The number of rotatable bonds is 2. The van der Waals surface area contributed by atoms with Crippen molar-refractivity contribution in [1.29, 1.82) is 0 Å². The molecule has 1 aromatic carbocycles. The van der Waals surface area contributed by atoms with Crippen LogP contribution in [0.3, 0.4) is 0 Å². The zero-order chi connectivity index (χ0) is 21.4. The summed E-state index contributed by atoms with van der Waals surface area (Å²) in [5.74, 6) is 0.744. The van der Waals surface area contributed by atoms with E-state index < -0.39 is 0 Å². The first-order valence-corrected chi connectivity index (χ1v) is 10.6. The quantitative estimate of drug-likeness (QED) is 0.455. The molecule has 162 valence electrons. The molecule has 3 N–H and O–H groups in total. The van der Waals surface area contributed by atoms with Crippen LogP contribution in [0.2, 0.25) is 0 Å². The molecule has 9 nitrogen and oxygen atoms in total. The Labute approximate surface area is 180 Å². The number of hydrogen-bond acceptors (Lipinski definition) is 6. The Morgan fingerprint density at radius 1 is 1.26 bits per heavy atom. The summed E-state index contributed by atoms with van der Waals surface area (Å²) in [5, 5.41) is 30.8. The van der Waals surface area contributed by atoms with Gasteiger partial charge in [-0.05, 0) is 37.5 Å². The topological polar surface area (TPSA) is 106 Å². The van der Waals surface area contributed by atoms with E-state index in [2.05, 4.69) is 43.9 Å². The predicted molar refractivity (Wildman–Crippen MR) is 117 cm³/mol. The molecule has 0 amide bonds. The number of aromatic nitrogens is 6. The van der Waals surface area contributed by atoms with Gasteiger partial charge in [0, 0.05) is 42.3 Å². The van der Waals surface area contributed by atoms with Gasteiger partial charge in [-0.3, -0.25) is 9.78 Å². The highest BCUT2D eigenvalue weighted by Gasteiger charge is 2.19. The van der Waals surface area contributed by atoms with E-state index in [1.165, 1.54) is 0 Å². The Bertz CT molecular complexity index is 1220. The molecule has 1 aliphatic rings. The van der Waals surface area contributed by atoms with E-state index in [4.69, 9.17) is 4.74 Å². The maximum atomic E-state index is 9.44. The standard InChI is InChI=1S/C22H27N7O2/c1-14-16-4-6-20-17-11-15(3-5-19(17)25-26-20)18-12-24-28(2)21(18)13-23-7-10-31-22(16)29(27-14)8-9-30/h3,5,11-12,23,30H,4,6-10,13H2,1-2H3,(H,25,26). The van der Waals surface area contributed by atoms with Crippen LogP contribution in [0.4, 0.5) is 0 Å². The monoisotopic (exact) mass is 421 g/mol. The van der Waals surface area contributed by atoms with Crippen molar-refractivity contribution < 1.29 is 9.84 Å².